The van der Waals surface area contributed by atoms with Gasteiger partial charge in [-0.3, -0.25) is 9.88 Å². The van der Waals surface area contributed by atoms with Crippen LogP contribution in [0.3, 0.4) is 0 Å². The second-order valence-electron chi connectivity index (χ2n) is 5.19. The summed E-state index contributed by atoms with van der Waals surface area (Å²) >= 11 is 0. The van der Waals surface area contributed by atoms with Crippen LogP contribution in [0.1, 0.15) is 31.4 Å². The maximum atomic E-state index is 4.07. The Kier molecular flexibility index (Phi) is 5.99. The van der Waals surface area contributed by atoms with Crippen molar-refractivity contribution < 1.29 is 0 Å². The average molecular weight is 278 g/mol. The van der Waals surface area contributed by atoms with Gasteiger partial charge in [-0.25, -0.2) is 0 Å². The van der Waals surface area contributed by atoms with Crippen molar-refractivity contribution >= 4 is 0 Å². The first kappa shape index (κ1) is 15.3. The second kappa shape index (κ2) is 8.24. The summed E-state index contributed by atoms with van der Waals surface area (Å²) in [5.74, 6) is 6.53. The number of hydrogen-bond acceptors (Lipinski definition) is 2. The Balaban J connectivity index is 2.02. The molecule has 0 aliphatic carbocycles. The Bertz CT molecular complexity index is 581. The lowest BCUT2D eigenvalue weighted by Gasteiger charge is -2.26. The van der Waals surface area contributed by atoms with Crippen LogP contribution in [0, 0.1) is 11.8 Å². The lowest BCUT2D eigenvalue weighted by atomic mass is 10.1. The molecule has 2 aromatic rings. The monoisotopic (exact) mass is 278 g/mol. The highest BCUT2D eigenvalue weighted by Gasteiger charge is 2.11. The molecule has 0 amide bonds. The number of aromatic nitrogens is 1. The highest BCUT2D eigenvalue weighted by molar-refractivity contribution is 5.33. The van der Waals surface area contributed by atoms with Gasteiger partial charge in [0.1, 0.15) is 0 Å². The summed E-state index contributed by atoms with van der Waals surface area (Å²) in [6.45, 7) is 6.17. The summed E-state index contributed by atoms with van der Waals surface area (Å²) < 4.78 is 0. The van der Waals surface area contributed by atoms with Crippen LogP contribution >= 0.6 is 0 Å². The molecule has 0 spiro atoms. The van der Waals surface area contributed by atoms with Crippen molar-refractivity contribution in [2.24, 2.45) is 0 Å². The van der Waals surface area contributed by atoms with E-state index in [1.807, 2.05) is 42.7 Å². The third kappa shape index (κ3) is 5.06. The maximum Gasteiger partial charge on any atom is 0.0610 e. The lowest BCUT2D eigenvalue weighted by Crippen LogP contribution is -2.32. The minimum atomic E-state index is 0.517. The van der Waals surface area contributed by atoms with Crippen LogP contribution in [0.25, 0.3) is 0 Å². The van der Waals surface area contributed by atoms with Crippen LogP contribution in [0.5, 0.6) is 0 Å². The van der Waals surface area contributed by atoms with E-state index >= 15 is 0 Å². The molecule has 0 bridgehead atoms. The van der Waals surface area contributed by atoms with Gasteiger partial charge in [0, 0.05) is 30.5 Å². The zero-order chi connectivity index (χ0) is 14.9. The SMILES string of the molecule is CC[C@@H](C)N(CC#Cc1ccccc1)Cc1ccncc1. The predicted octanol–water partition coefficient (Wildman–Crippen LogP) is 3.73. The second-order valence-corrected chi connectivity index (χ2v) is 5.19. The first-order valence-electron chi connectivity index (χ1n) is 7.46. The molecule has 0 radical (unpaired) electrons. The number of hydrogen-bond donors (Lipinski definition) is 0. The Hall–Kier alpha value is -2.11. The molecule has 0 aliphatic rings. The number of rotatable bonds is 5. The van der Waals surface area contributed by atoms with Crippen molar-refractivity contribution in [1.29, 1.82) is 0 Å². The number of pyridine rings is 1. The summed E-state index contributed by atoms with van der Waals surface area (Å²) in [5.41, 5.74) is 2.36. The minimum absolute atomic E-state index is 0.517. The normalized spacial score (nSPS) is 11.8. The van der Waals surface area contributed by atoms with E-state index in [1.54, 1.807) is 0 Å². The van der Waals surface area contributed by atoms with Crippen molar-refractivity contribution in [1.82, 2.24) is 9.88 Å². The quantitative estimate of drug-likeness (QED) is 0.775. The molecule has 0 fully saturated rings. The van der Waals surface area contributed by atoms with Gasteiger partial charge in [0.15, 0.2) is 0 Å². The van der Waals surface area contributed by atoms with Gasteiger partial charge >= 0.3 is 0 Å². The largest absolute Gasteiger partial charge is 0.285 e. The lowest BCUT2D eigenvalue weighted by molar-refractivity contribution is 0.221. The highest BCUT2D eigenvalue weighted by atomic mass is 15.1. The van der Waals surface area contributed by atoms with Crippen LogP contribution in [-0.2, 0) is 6.54 Å². The molecule has 108 valence electrons. The van der Waals surface area contributed by atoms with Crippen LogP contribution in [0.2, 0.25) is 0 Å². The van der Waals surface area contributed by atoms with Gasteiger partial charge in [0.2, 0.25) is 0 Å². The van der Waals surface area contributed by atoms with E-state index in [9.17, 15) is 0 Å². The Morgan fingerprint density at radius 1 is 1.10 bits per heavy atom. The van der Waals surface area contributed by atoms with Gasteiger partial charge in [-0.05, 0) is 43.2 Å². The van der Waals surface area contributed by atoms with Crippen molar-refractivity contribution in [3.8, 4) is 11.8 Å². The van der Waals surface area contributed by atoms with E-state index in [-0.39, 0.29) is 0 Å². The Morgan fingerprint density at radius 3 is 2.48 bits per heavy atom. The van der Waals surface area contributed by atoms with E-state index in [1.165, 1.54) is 5.56 Å². The molecule has 1 aromatic heterocycles. The van der Waals surface area contributed by atoms with Gasteiger partial charge in [-0.15, -0.1) is 0 Å². The van der Waals surface area contributed by atoms with Crippen molar-refractivity contribution in [2.75, 3.05) is 6.54 Å². The number of nitrogens with zero attached hydrogens (tertiary/aromatic N) is 2. The van der Waals surface area contributed by atoms with E-state index in [0.717, 1.165) is 25.1 Å². The summed E-state index contributed by atoms with van der Waals surface area (Å²) in [5, 5.41) is 0. The molecule has 2 rings (SSSR count). The third-order valence-electron chi connectivity index (χ3n) is 3.64. The third-order valence-corrected chi connectivity index (χ3v) is 3.64. The Labute approximate surface area is 127 Å². The minimum Gasteiger partial charge on any atom is -0.285 e. The standard InChI is InChI=1S/C19H22N2/c1-3-17(2)21(16-19-11-13-20-14-12-19)15-7-10-18-8-5-4-6-9-18/h4-6,8-9,11-14,17H,3,15-16H2,1-2H3/t17-/m1/s1. The van der Waals surface area contributed by atoms with Crippen LogP contribution in [0.15, 0.2) is 54.9 Å². The maximum absolute atomic E-state index is 4.07. The Morgan fingerprint density at radius 2 is 1.81 bits per heavy atom. The first-order valence-corrected chi connectivity index (χ1v) is 7.46. The highest BCUT2D eigenvalue weighted by Crippen LogP contribution is 2.09. The summed E-state index contributed by atoms with van der Waals surface area (Å²) in [4.78, 5) is 6.48. The zero-order valence-electron chi connectivity index (χ0n) is 12.8. The topological polar surface area (TPSA) is 16.1 Å². The van der Waals surface area contributed by atoms with E-state index in [0.29, 0.717) is 6.04 Å². The molecule has 0 unspecified atom stereocenters. The molecule has 21 heavy (non-hydrogen) atoms. The van der Waals surface area contributed by atoms with Gasteiger partial charge < -0.3 is 0 Å². The number of benzene rings is 1. The molecule has 0 N–H and O–H groups in total. The van der Waals surface area contributed by atoms with Crippen LogP contribution < -0.4 is 0 Å². The van der Waals surface area contributed by atoms with Gasteiger partial charge in [0.25, 0.3) is 0 Å². The van der Waals surface area contributed by atoms with Gasteiger partial charge in [-0.1, -0.05) is 37.0 Å². The molecule has 1 atom stereocenters. The molecule has 0 saturated carbocycles. The molecular formula is C19H22N2. The molecule has 0 aliphatic heterocycles. The van der Waals surface area contributed by atoms with Gasteiger partial charge in [-0.2, -0.15) is 0 Å². The molecule has 1 aromatic carbocycles. The summed E-state index contributed by atoms with van der Waals surface area (Å²) in [6.07, 6.45) is 4.82. The average Bonchev–Trinajstić information content (AvgIpc) is 2.55. The fraction of sp³-hybridized carbons (Fsp3) is 0.316. The fourth-order valence-electron chi connectivity index (χ4n) is 2.11. The molecule has 2 heteroatoms. The zero-order valence-corrected chi connectivity index (χ0v) is 12.8. The van der Waals surface area contributed by atoms with Crippen molar-refractivity contribution in [3.63, 3.8) is 0 Å². The molecule has 2 nitrogen and oxygen atoms in total. The molecule has 0 saturated heterocycles. The smallest absolute Gasteiger partial charge is 0.0610 e. The van der Waals surface area contributed by atoms with E-state index in [2.05, 4.69) is 47.7 Å². The van der Waals surface area contributed by atoms with Crippen molar-refractivity contribution in [2.45, 2.75) is 32.9 Å². The van der Waals surface area contributed by atoms with Crippen molar-refractivity contribution in [3.05, 3.63) is 66.0 Å². The van der Waals surface area contributed by atoms with Crippen LogP contribution in [-0.4, -0.2) is 22.5 Å². The first-order chi connectivity index (χ1) is 10.3. The molecule has 1 heterocycles. The predicted molar refractivity (Wildman–Crippen MR) is 87.7 cm³/mol. The van der Waals surface area contributed by atoms with E-state index < -0.39 is 0 Å². The fourth-order valence-corrected chi connectivity index (χ4v) is 2.11. The summed E-state index contributed by atoms with van der Waals surface area (Å²) in [7, 11) is 0. The molecular weight excluding hydrogens is 256 g/mol. The summed E-state index contributed by atoms with van der Waals surface area (Å²) in [6, 6.07) is 14.8. The van der Waals surface area contributed by atoms with Crippen LogP contribution in [0.4, 0.5) is 0 Å². The van der Waals surface area contributed by atoms with E-state index in [4.69, 9.17) is 0 Å². The van der Waals surface area contributed by atoms with Gasteiger partial charge in [0.05, 0.1) is 6.54 Å².